The Bertz CT molecular complexity index is 513. The minimum absolute atomic E-state index is 0. The molecule has 1 saturated heterocycles. The zero-order valence-corrected chi connectivity index (χ0v) is 18.2. The van der Waals surface area contributed by atoms with Crippen molar-refractivity contribution in [2.75, 3.05) is 19.6 Å². The Balaban J connectivity index is 0.00000264. The van der Waals surface area contributed by atoms with Crippen molar-refractivity contribution in [3.05, 3.63) is 15.6 Å². The van der Waals surface area contributed by atoms with Crippen LogP contribution in [0.4, 0.5) is 0 Å². The molecule has 0 radical (unpaired) electrons. The fourth-order valence-corrected chi connectivity index (χ4v) is 4.04. The molecule has 1 aliphatic heterocycles. The Labute approximate surface area is 162 Å². The van der Waals surface area contributed by atoms with Gasteiger partial charge in [0.05, 0.1) is 17.2 Å². The Kier molecular flexibility index (Phi) is 8.82. The summed E-state index contributed by atoms with van der Waals surface area (Å²) in [7, 11) is 0. The molecule has 132 valence electrons. The minimum Gasteiger partial charge on any atom is -0.357 e. The van der Waals surface area contributed by atoms with E-state index in [-0.39, 0.29) is 24.0 Å². The summed E-state index contributed by atoms with van der Waals surface area (Å²) >= 11 is 1.76. The number of thiazole rings is 1. The molecule has 1 N–H and O–H groups in total. The normalized spacial score (nSPS) is 18.4. The van der Waals surface area contributed by atoms with Crippen molar-refractivity contribution in [2.45, 2.75) is 54.0 Å². The van der Waals surface area contributed by atoms with Crippen LogP contribution < -0.4 is 5.32 Å². The molecule has 1 aromatic rings. The molecule has 1 atom stereocenters. The summed E-state index contributed by atoms with van der Waals surface area (Å²) in [5, 5.41) is 4.59. The van der Waals surface area contributed by atoms with Crippen LogP contribution in [-0.2, 0) is 6.54 Å². The van der Waals surface area contributed by atoms with Crippen molar-refractivity contribution < 1.29 is 0 Å². The van der Waals surface area contributed by atoms with E-state index in [1.807, 2.05) is 0 Å². The van der Waals surface area contributed by atoms with Gasteiger partial charge >= 0.3 is 0 Å². The summed E-state index contributed by atoms with van der Waals surface area (Å²) in [5.74, 6) is 2.67. The van der Waals surface area contributed by atoms with Gasteiger partial charge in [-0.3, -0.25) is 0 Å². The fraction of sp³-hybridized carbons (Fsp3) is 0.765. The van der Waals surface area contributed by atoms with Crippen LogP contribution in [0.5, 0.6) is 0 Å². The molecular formula is C17H31IN4S. The number of guanidine groups is 1. The molecule has 0 bridgehead atoms. The summed E-state index contributed by atoms with van der Waals surface area (Å²) in [4.78, 5) is 13.1. The van der Waals surface area contributed by atoms with Crippen molar-refractivity contribution in [3.63, 3.8) is 0 Å². The Morgan fingerprint density at radius 2 is 2.17 bits per heavy atom. The maximum atomic E-state index is 4.86. The van der Waals surface area contributed by atoms with Gasteiger partial charge in [-0.25, -0.2) is 9.98 Å². The smallest absolute Gasteiger partial charge is 0.194 e. The quantitative estimate of drug-likeness (QED) is 0.415. The standard InChI is InChI=1S/C17H30N4S.HI/c1-6-18-17(19-10-16-13(4)20-14(5)22-16)21-8-7-15(11-21)9-12(2)3;/h12,15H,6-11H2,1-5H3,(H,18,19);1H. The first kappa shape index (κ1) is 20.7. The van der Waals surface area contributed by atoms with Gasteiger partial charge in [-0.05, 0) is 45.4 Å². The topological polar surface area (TPSA) is 40.5 Å². The Morgan fingerprint density at radius 3 is 2.74 bits per heavy atom. The molecule has 2 rings (SSSR count). The largest absolute Gasteiger partial charge is 0.357 e. The number of hydrogen-bond acceptors (Lipinski definition) is 3. The van der Waals surface area contributed by atoms with Crippen LogP contribution in [0.3, 0.4) is 0 Å². The Hall–Kier alpha value is -0.370. The Morgan fingerprint density at radius 1 is 1.43 bits per heavy atom. The monoisotopic (exact) mass is 450 g/mol. The molecule has 1 fully saturated rings. The molecule has 0 aliphatic carbocycles. The maximum Gasteiger partial charge on any atom is 0.194 e. The number of nitrogens with zero attached hydrogens (tertiary/aromatic N) is 3. The van der Waals surface area contributed by atoms with E-state index in [1.165, 1.54) is 17.7 Å². The predicted octanol–water partition coefficient (Wildman–Crippen LogP) is 4.21. The average molecular weight is 450 g/mol. The molecule has 6 heteroatoms. The predicted molar refractivity (Wildman–Crippen MR) is 111 cm³/mol. The van der Waals surface area contributed by atoms with Crippen molar-refractivity contribution >= 4 is 41.3 Å². The second-order valence-corrected chi connectivity index (χ2v) is 7.93. The third-order valence-electron chi connectivity index (χ3n) is 4.10. The van der Waals surface area contributed by atoms with Gasteiger partial charge in [-0.15, -0.1) is 35.3 Å². The molecule has 1 unspecified atom stereocenters. The molecule has 1 aliphatic rings. The van der Waals surface area contributed by atoms with Gasteiger partial charge in [-0.1, -0.05) is 13.8 Å². The van der Waals surface area contributed by atoms with Gasteiger partial charge in [0.1, 0.15) is 0 Å². The highest BCUT2D eigenvalue weighted by atomic mass is 127. The van der Waals surface area contributed by atoms with E-state index in [0.717, 1.165) is 54.7 Å². The number of rotatable bonds is 5. The number of hydrogen-bond donors (Lipinski definition) is 1. The average Bonchev–Trinajstić information content (AvgIpc) is 3.01. The summed E-state index contributed by atoms with van der Waals surface area (Å²) in [5.41, 5.74) is 1.13. The van der Waals surface area contributed by atoms with Gasteiger partial charge in [0.25, 0.3) is 0 Å². The SMILES string of the molecule is CCNC(=NCc1sc(C)nc1C)N1CCC(CC(C)C)C1.I. The first-order valence-corrected chi connectivity index (χ1v) is 9.27. The lowest BCUT2D eigenvalue weighted by Gasteiger charge is -2.22. The molecule has 1 aromatic heterocycles. The van der Waals surface area contributed by atoms with E-state index in [1.54, 1.807) is 11.3 Å². The minimum atomic E-state index is 0. The summed E-state index contributed by atoms with van der Waals surface area (Å²) in [6.07, 6.45) is 2.62. The lowest BCUT2D eigenvalue weighted by molar-refractivity contribution is 0.403. The van der Waals surface area contributed by atoms with Crippen LogP contribution in [0, 0.1) is 25.7 Å². The second kappa shape index (κ2) is 9.81. The van der Waals surface area contributed by atoms with Crippen LogP contribution in [-0.4, -0.2) is 35.5 Å². The van der Waals surface area contributed by atoms with Gasteiger partial charge < -0.3 is 10.2 Å². The third-order valence-corrected chi connectivity index (χ3v) is 5.15. The van der Waals surface area contributed by atoms with Crippen LogP contribution >= 0.6 is 35.3 Å². The fourth-order valence-electron chi connectivity index (χ4n) is 3.18. The summed E-state index contributed by atoms with van der Waals surface area (Å²) in [6.45, 7) is 14.8. The van der Waals surface area contributed by atoms with Gasteiger partial charge in [0.15, 0.2) is 5.96 Å². The highest BCUT2D eigenvalue weighted by Crippen LogP contribution is 2.24. The van der Waals surface area contributed by atoms with Crippen LogP contribution in [0.15, 0.2) is 4.99 Å². The molecule has 0 aromatic carbocycles. The molecule has 0 amide bonds. The van der Waals surface area contributed by atoms with Crippen LogP contribution in [0.2, 0.25) is 0 Å². The van der Waals surface area contributed by atoms with E-state index >= 15 is 0 Å². The van der Waals surface area contributed by atoms with E-state index in [4.69, 9.17) is 4.99 Å². The van der Waals surface area contributed by atoms with Crippen molar-refractivity contribution in [3.8, 4) is 0 Å². The van der Waals surface area contributed by atoms with Gasteiger partial charge in [0.2, 0.25) is 0 Å². The lowest BCUT2D eigenvalue weighted by atomic mass is 9.97. The number of nitrogens with one attached hydrogen (secondary N) is 1. The number of halogens is 1. The summed E-state index contributed by atoms with van der Waals surface area (Å²) < 4.78 is 0. The van der Waals surface area contributed by atoms with Crippen molar-refractivity contribution in [1.82, 2.24) is 15.2 Å². The number of aromatic nitrogens is 1. The zero-order valence-electron chi connectivity index (χ0n) is 15.1. The van der Waals surface area contributed by atoms with Crippen molar-refractivity contribution in [1.29, 1.82) is 0 Å². The maximum absolute atomic E-state index is 4.86. The molecule has 4 nitrogen and oxygen atoms in total. The third kappa shape index (κ3) is 6.21. The lowest BCUT2D eigenvalue weighted by Crippen LogP contribution is -2.40. The van der Waals surface area contributed by atoms with E-state index in [9.17, 15) is 0 Å². The summed E-state index contributed by atoms with van der Waals surface area (Å²) in [6, 6.07) is 0. The molecule has 0 saturated carbocycles. The van der Waals surface area contributed by atoms with E-state index in [2.05, 4.69) is 49.8 Å². The molecular weight excluding hydrogens is 419 g/mol. The van der Waals surface area contributed by atoms with E-state index < -0.39 is 0 Å². The number of aliphatic imine (C=N–C) groups is 1. The van der Waals surface area contributed by atoms with E-state index in [0.29, 0.717) is 0 Å². The second-order valence-electron chi connectivity index (χ2n) is 6.64. The molecule has 23 heavy (non-hydrogen) atoms. The first-order chi connectivity index (χ1) is 10.5. The number of aryl methyl sites for hydroxylation is 2. The molecule has 0 spiro atoms. The van der Waals surface area contributed by atoms with Gasteiger partial charge in [0, 0.05) is 24.5 Å². The number of likely N-dealkylation sites (tertiary alicyclic amines) is 1. The first-order valence-electron chi connectivity index (χ1n) is 8.45. The van der Waals surface area contributed by atoms with Crippen LogP contribution in [0.25, 0.3) is 0 Å². The van der Waals surface area contributed by atoms with Gasteiger partial charge in [-0.2, -0.15) is 0 Å². The highest BCUT2D eigenvalue weighted by Gasteiger charge is 2.25. The zero-order chi connectivity index (χ0) is 16.1. The highest BCUT2D eigenvalue weighted by molar-refractivity contribution is 14.0. The molecule has 2 heterocycles. The van der Waals surface area contributed by atoms with Crippen LogP contribution in [0.1, 0.15) is 49.2 Å². The van der Waals surface area contributed by atoms with Crippen molar-refractivity contribution in [2.24, 2.45) is 16.8 Å².